The number of likely N-dealkylation sites (tertiary alicyclic amines) is 2. The predicted molar refractivity (Wildman–Crippen MR) is 180 cm³/mol. The Morgan fingerprint density at radius 1 is 1.06 bits per heavy atom. The van der Waals surface area contributed by atoms with Crippen LogP contribution in [0.15, 0.2) is 30.6 Å². The van der Waals surface area contributed by atoms with E-state index in [0.29, 0.717) is 56.3 Å². The van der Waals surface area contributed by atoms with Crippen LogP contribution >= 0.6 is 11.6 Å². The number of carbonyl (C=O) groups excluding carboxylic acids is 2. The van der Waals surface area contributed by atoms with Crippen molar-refractivity contribution in [2.45, 2.75) is 108 Å². The van der Waals surface area contributed by atoms with Gasteiger partial charge in [-0.1, -0.05) is 23.7 Å². The minimum atomic E-state index is -2.54. The number of imidazole rings is 1. The molecule has 1 unspecified atom stereocenters. The summed E-state index contributed by atoms with van der Waals surface area (Å²) in [6, 6.07) is 8.38. The fraction of sp³-hybridized carbons (Fsp3) is 0.611. The summed E-state index contributed by atoms with van der Waals surface area (Å²) < 4.78 is 35.9. The minimum Gasteiger partial charge on any atom is -0.444 e. The van der Waals surface area contributed by atoms with E-state index in [0.717, 1.165) is 40.7 Å². The highest BCUT2D eigenvalue weighted by Crippen LogP contribution is 2.65. The zero-order valence-electron chi connectivity index (χ0n) is 28.2. The molecule has 2 aliphatic carbocycles. The maximum Gasteiger partial charge on any atom is 0.410 e. The Labute approximate surface area is 284 Å². The van der Waals surface area contributed by atoms with Gasteiger partial charge in [-0.3, -0.25) is 9.69 Å². The van der Waals surface area contributed by atoms with Crippen LogP contribution in [0, 0.1) is 5.41 Å². The molecule has 48 heavy (non-hydrogen) atoms. The highest BCUT2D eigenvalue weighted by atomic mass is 35.5. The molecular weight excluding hydrogens is 638 g/mol. The Hall–Kier alpha value is -3.31. The molecule has 8 rings (SSSR count). The molecule has 3 aliphatic heterocycles. The molecule has 256 valence electrons. The lowest BCUT2D eigenvalue weighted by atomic mass is 9.73. The first-order chi connectivity index (χ1) is 22.6. The summed E-state index contributed by atoms with van der Waals surface area (Å²) in [5.41, 5.74) is 2.70. The van der Waals surface area contributed by atoms with Crippen LogP contribution in [0.3, 0.4) is 0 Å². The molecule has 1 aromatic carbocycles. The first kappa shape index (κ1) is 31.9. The van der Waals surface area contributed by atoms with Crippen LogP contribution in [0.25, 0.3) is 22.3 Å². The number of amides is 2. The second-order valence-electron chi connectivity index (χ2n) is 16.0. The quantitative estimate of drug-likeness (QED) is 0.271. The first-order valence-electron chi connectivity index (χ1n) is 17.2. The lowest BCUT2D eigenvalue weighted by Crippen LogP contribution is -2.57. The Morgan fingerprint density at radius 3 is 2.40 bits per heavy atom. The molecule has 5 heterocycles. The third-order valence-corrected chi connectivity index (χ3v) is 11.9. The Balaban J connectivity index is 1.10. The number of piperidine rings is 1. The molecule has 2 aromatic heterocycles. The van der Waals surface area contributed by atoms with E-state index in [1.807, 2.05) is 48.4 Å². The number of halogens is 3. The predicted octanol–water partition coefficient (Wildman–Crippen LogP) is 7.21. The van der Waals surface area contributed by atoms with E-state index in [-0.39, 0.29) is 36.5 Å². The highest BCUT2D eigenvalue weighted by molar-refractivity contribution is 6.34. The summed E-state index contributed by atoms with van der Waals surface area (Å²) in [6.45, 7) is 11.6. The van der Waals surface area contributed by atoms with Crippen molar-refractivity contribution in [3.63, 3.8) is 0 Å². The molecule has 1 atom stereocenters. The summed E-state index contributed by atoms with van der Waals surface area (Å²) in [7, 11) is 0. The number of pyridine rings is 1. The Kier molecular flexibility index (Phi) is 7.05. The summed E-state index contributed by atoms with van der Waals surface area (Å²) in [5.74, 6) is -2.48. The van der Waals surface area contributed by atoms with Gasteiger partial charge in [0.15, 0.2) is 5.15 Å². The monoisotopic (exact) mass is 680 g/mol. The Bertz CT molecular complexity index is 1820. The van der Waals surface area contributed by atoms with Crippen LogP contribution in [-0.4, -0.2) is 86.1 Å². The fourth-order valence-corrected chi connectivity index (χ4v) is 8.94. The van der Waals surface area contributed by atoms with Crippen molar-refractivity contribution in [3.05, 3.63) is 41.3 Å². The summed E-state index contributed by atoms with van der Waals surface area (Å²) >= 11 is 6.74. The van der Waals surface area contributed by atoms with Gasteiger partial charge in [0.2, 0.25) is 5.91 Å². The molecule has 2 spiro atoms. The van der Waals surface area contributed by atoms with E-state index in [4.69, 9.17) is 21.3 Å². The number of anilines is 1. The van der Waals surface area contributed by atoms with Crippen molar-refractivity contribution < 1.29 is 23.1 Å². The van der Waals surface area contributed by atoms with Crippen molar-refractivity contribution in [2.24, 2.45) is 5.41 Å². The van der Waals surface area contributed by atoms with E-state index in [9.17, 15) is 18.4 Å². The number of carbonyl (C=O) groups is 2. The molecule has 2 amide bonds. The van der Waals surface area contributed by atoms with Crippen molar-refractivity contribution in [2.75, 3.05) is 31.1 Å². The molecule has 2 saturated carbocycles. The number of fused-ring (bicyclic) bond motifs is 3. The van der Waals surface area contributed by atoms with Gasteiger partial charge in [0, 0.05) is 55.4 Å². The maximum atomic E-state index is 14.7. The Morgan fingerprint density at radius 2 is 1.77 bits per heavy atom. The van der Waals surface area contributed by atoms with E-state index >= 15 is 0 Å². The SMILES string of the molecule is CC(C)n1cnc2cc(-c3ccc4c(c3)N([C@H]3C[C@@H](N5CCC6(C5)CC6(F)F)C3)C(=O)C43CCN(C(=O)OC(C)(C)C)CC3)nc(Cl)c21. The second-order valence-corrected chi connectivity index (χ2v) is 16.4. The van der Waals surface area contributed by atoms with E-state index in [1.165, 1.54) is 0 Å². The van der Waals surface area contributed by atoms with Gasteiger partial charge in [-0.05, 0) is 91.0 Å². The van der Waals surface area contributed by atoms with E-state index in [2.05, 4.69) is 29.8 Å². The molecule has 5 aliphatic rings. The lowest BCUT2D eigenvalue weighted by Gasteiger charge is -2.46. The van der Waals surface area contributed by atoms with Crippen LogP contribution in [0.4, 0.5) is 19.3 Å². The van der Waals surface area contributed by atoms with Gasteiger partial charge < -0.3 is 19.1 Å². The third kappa shape index (κ3) is 4.85. The number of rotatable bonds is 4. The molecule has 0 N–H and O–H groups in total. The number of aromatic nitrogens is 3. The topological polar surface area (TPSA) is 83.8 Å². The summed E-state index contributed by atoms with van der Waals surface area (Å²) in [5, 5.41) is 0.375. The van der Waals surface area contributed by atoms with Crippen molar-refractivity contribution in [1.29, 1.82) is 0 Å². The molecular formula is C36H43ClF2N6O3. The van der Waals surface area contributed by atoms with Crippen molar-refractivity contribution in [3.8, 4) is 11.3 Å². The van der Waals surface area contributed by atoms with E-state index in [1.54, 1.807) is 11.2 Å². The van der Waals surface area contributed by atoms with Gasteiger partial charge in [0.1, 0.15) is 11.1 Å². The number of alkyl halides is 2. The fourth-order valence-electron chi connectivity index (χ4n) is 8.65. The molecule has 12 heteroatoms. The number of nitrogens with zero attached hydrogens (tertiary/aromatic N) is 6. The number of hydrogen-bond donors (Lipinski definition) is 0. The van der Waals surface area contributed by atoms with Crippen LogP contribution in [0.5, 0.6) is 0 Å². The first-order valence-corrected chi connectivity index (χ1v) is 17.6. The molecule has 2 saturated heterocycles. The number of benzene rings is 1. The van der Waals surface area contributed by atoms with Crippen LogP contribution < -0.4 is 4.90 Å². The summed E-state index contributed by atoms with van der Waals surface area (Å²) in [4.78, 5) is 42.9. The smallest absolute Gasteiger partial charge is 0.410 e. The zero-order valence-corrected chi connectivity index (χ0v) is 29.0. The standard InChI is InChI=1S/C36H43ClF2N6O3/c1-21(2)44-20-40-27-17-26(41-30(37)29(27)44)22-6-7-25-28(14-22)45(24-15-23(16-24)43-11-8-34(19-43)18-36(34,38)39)31(46)35(25)9-12-42(13-10-35)32(47)48-33(3,4)5/h6-7,14,17,20-21,23-24H,8-13,15-16,18-19H2,1-5H3/t23-,24+,34?. The third-order valence-electron chi connectivity index (χ3n) is 11.6. The highest BCUT2D eigenvalue weighted by Gasteiger charge is 2.73. The minimum absolute atomic E-state index is 0.00218. The van der Waals surface area contributed by atoms with Crippen LogP contribution in [-0.2, 0) is 14.9 Å². The molecule has 3 aromatic rings. The lowest BCUT2D eigenvalue weighted by molar-refractivity contribution is -0.126. The van der Waals surface area contributed by atoms with Crippen molar-refractivity contribution >= 4 is 40.3 Å². The van der Waals surface area contributed by atoms with E-state index < -0.39 is 22.4 Å². The molecule has 0 radical (unpaired) electrons. The van der Waals surface area contributed by atoms with Gasteiger partial charge in [0.25, 0.3) is 5.92 Å². The van der Waals surface area contributed by atoms with Gasteiger partial charge in [-0.2, -0.15) is 0 Å². The van der Waals surface area contributed by atoms with Gasteiger partial charge >= 0.3 is 6.09 Å². The zero-order chi connectivity index (χ0) is 34.0. The molecule has 9 nitrogen and oxygen atoms in total. The number of hydrogen-bond acceptors (Lipinski definition) is 6. The average Bonchev–Trinajstić information content (AvgIpc) is 3.39. The summed E-state index contributed by atoms with van der Waals surface area (Å²) in [6.07, 6.45) is 4.45. The van der Waals surface area contributed by atoms with Crippen molar-refractivity contribution in [1.82, 2.24) is 24.3 Å². The normalized spacial score (nSPS) is 27.7. The van der Waals surface area contributed by atoms with Gasteiger partial charge in [0.05, 0.1) is 28.4 Å². The van der Waals surface area contributed by atoms with Gasteiger partial charge in [-0.15, -0.1) is 0 Å². The molecule has 0 bridgehead atoms. The molecule has 4 fully saturated rings. The van der Waals surface area contributed by atoms with Crippen LogP contribution in [0.1, 0.15) is 84.7 Å². The number of ether oxygens (including phenoxy) is 1. The van der Waals surface area contributed by atoms with Crippen LogP contribution in [0.2, 0.25) is 5.15 Å². The maximum absolute atomic E-state index is 14.7. The largest absolute Gasteiger partial charge is 0.444 e. The second kappa shape index (κ2) is 10.6. The van der Waals surface area contributed by atoms with Gasteiger partial charge in [-0.25, -0.2) is 23.5 Å². The average molecular weight is 681 g/mol.